The van der Waals surface area contributed by atoms with Crippen molar-refractivity contribution in [3.63, 3.8) is 0 Å². The van der Waals surface area contributed by atoms with Crippen LogP contribution in [0.25, 0.3) is 0 Å². The molecule has 0 heterocycles. The number of ether oxygens (including phenoxy) is 2. The fourth-order valence-corrected chi connectivity index (χ4v) is 5.67. The lowest BCUT2D eigenvalue weighted by atomic mass is 9.96. The van der Waals surface area contributed by atoms with Gasteiger partial charge in [0.25, 0.3) is 0 Å². The third kappa shape index (κ3) is 12.0. The van der Waals surface area contributed by atoms with Gasteiger partial charge in [-0.25, -0.2) is 13.1 Å². The molecule has 7 nitrogen and oxygen atoms in total. The van der Waals surface area contributed by atoms with Crippen LogP contribution in [0.4, 0.5) is 0 Å². The highest BCUT2D eigenvalue weighted by Crippen LogP contribution is 2.22. The Morgan fingerprint density at radius 3 is 2.12 bits per heavy atom. The molecule has 0 spiro atoms. The smallest absolute Gasteiger partial charge is 0.306 e. The van der Waals surface area contributed by atoms with Crippen molar-refractivity contribution in [2.75, 3.05) is 33.8 Å². The molecule has 0 saturated heterocycles. The van der Waals surface area contributed by atoms with Crippen molar-refractivity contribution in [1.82, 2.24) is 9.62 Å². The number of sulfonamides is 1. The predicted molar refractivity (Wildman–Crippen MR) is 168 cm³/mol. The standard InChI is InChI=1S/C34H46N2O5S/c1-34(2,3)41-33(37)19-17-28-24-27(16-18-30-12-9-10-15-32(30)40-23-11-22-36(4)5)25-29(26-28)20-21-35-42(38,39)31-13-7-6-8-14-31/h6-10,12-15,24-26,35H,11,16-23H2,1-5H3. The highest BCUT2D eigenvalue weighted by molar-refractivity contribution is 7.89. The average molecular weight is 595 g/mol. The Morgan fingerprint density at radius 2 is 1.45 bits per heavy atom. The average Bonchev–Trinajstić information content (AvgIpc) is 2.93. The van der Waals surface area contributed by atoms with Crippen LogP contribution in [0.1, 0.15) is 55.9 Å². The van der Waals surface area contributed by atoms with E-state index in [1.165, 1.54) is 0 Å². The van der Waals surface area contributed by atoms with Crippen molar-refractivity contribution in [2.45, 2.75) is 69.8 Å². The lowest BCUT2D eigenvalue weighted by Crippen LogP contribution is -2.26. The fraction of sp³-hybridized carbons (Fsp3) is 0.441. The second-order valence-corrected chi connectivity index (χ2v) is 13.6. The molecule has 0 aliphatic rings. The second kappa shape index (κ2) is 15.9. The van der Waals surface area contributed by atoms with Crippen LogP contribution in [0, 0.1) is 0 Å². The van der Waals surface area contributed by atoms with Crippen LogP contribution in [-0.2, 0) is 45.2 Å². The van der Waals surface area contributed by atoms with E-state index in [0.29, 0.717) is 19.4 Å². The Labute approximate surface area is 252 Å². The Kier molecular flexibility index (Phi) is 12.6. The number of rotatable bonds is 16. The van der Waals surface area contributed by atoms with E-state index in [2.05, 4.69) is 48.0 Å². The molecule has 8 heteroatoms. The molecule has 0 radical (unpaired) electrons. The molecule has 3 rings (SSSR count). The molecule has 0 bridgehead atoms. The molecule has 0 aliphatic carbocycles. The van der Waals surface area contributed by atoms with Gasteiger partial charge in [0.2, 0.25) is 10.0 Å². The highest BCUT2D eigenvalue weighted by atomic mass is 32.2. The van der Waals surface area contributed by atoms with Crippen LogP contribution in [0.2, 0.25) is 0 Å². The van der Waals surface area contributed by atoms with E-state index in [1.807, 2.05) is 39.0 Å². The van der Waals surface area contributed by atoms with Crippen LogP contribution in [-0.4, -0.2) is 58.7 Å². The van der Waals surface area contributed by atoms with Gasteiger partial charge < -0.3 is 14.4 Å². The van der Waals surface area contributed by atoms with E-state index in [4.69, 9.17) is 9.47 Å². The van der Waals surface area contributed by atoms with Gasteiger partial charge in [-0.05, 0) is 107 Å². The number of nitrogens with one attached hydrogen (secondary N) is 1. The van der Waals surface area contributed by atoms with Gasteiger partial charge in [-0.1, -0.05) is 54.6 Å². The Morgan fingerprint density at radius 1 is 0.833 bits per heavy atom. The number of para-hydroxylation sites is 1. The number of aryl methyl sites for hydroxylation is 3. The van der Waals surface area contributed by atoms with Crippen molar-refractivity contribution < 1.29 is 22.7 Å². The summed E-state index contributed by atoms with van der Waals surface area (Å²) in [4.78, 5) is 14.8. The fourth-order valence-electron chi connectivity index (χ4n) is 4.62. The summed E-state index contributed by atoms with van der Waals surface area (Å²) in [7, 11) is 0.532. The molecule has 0 aromatic heterocycles. The van der Waals surface area contributed by atoms with E-state index < -0.39 is 15.6 Å². The molecule has 1 N–H and O–H groups in total. The molecule has 0 aliphatic heterocycles. The number of nitrogens with zero attached hydrogens (tertiary/aromatic N) is 1. The maximum absolute atomic E-state index is 12.7. The minimum absolute atomic E-state index is 0.231. The van der Waals surface area contributed by atoms with Crippen LogP contribution in [0.15, 0.2) is 77.7 Å². The molecule has 0 saturated carbocycles. The largest absolute Gasteiger partial charge is 0.493 e. The minimum atomic E-state index is -3.58. The normalized spacial score (nSPS) is 12.0. The molecule has 0 atom stereocenters. The molecule has 0 unspecified atom stereocenters. The number of hydrogen-bond acceptors (Lipinski definition) is 6. The zero-order valence-electron chi connectivity index (χ0n) is 25.7. The van der Waals surface area contributed by atoms with Gasteiger partial charge in [-0.2, -0.15) is 0 Å². The van der Waals surface area contributed by atoms with Crippen molar-refractivity contribution in [1.29, 1.82) is 0 Å². The Hall–Kier alpha value is -3.20. The van der Waals surface area contributed by atoms with Gasteiger partial charge in [0.1, 0.15) is 11.4 Å². The first-order valence-electron chi connectivity index (χ1n) is 14.6. The Balaban J connectivity index is 1.71. The van der Waals surface area contributed by atoms with Crippen molar-refractivity contribution in [2.24, 2.45) is 0 Å². The molecular weight excluding hydrogens is 548 g/mol. The maximum Gasteiger partial charge on any atom is 0.306 e. The van der Waals surface area contributed by atoms with Crippen molar-refractivity contribution in [3.8, 4) is 5.75 Å². The minimum Gasteiger partial charge on any atom is -0.493 e. The van der Waals surface area contributed by atoms with Crippen LogP contribution >= 0.6 is 0 Å². The van der Waals surface area contributed by atoms with Crippen molar-refractivity contribution >= 4 is 16.0 Å². The number of carbonyl (C=O) groups excluding carboxylic acids is 1. The zero-order chi connectivity index (χ0) is 30.6. The first-order valence-corrected chi connectivity index (χ1v) is 16.1. The molecule has 3 aromatic rings. The zero-order valence-corrected chi connectivity index (χ0v) is 26.5. The van der Waals surface area contributed by atoms with E-state index in [9.17, 15) is 13.2 Å². The summed E-state index contributed by atoms with van der Waals surface area (Å²) in [5, 5.41) is 0. The molecule has 42 heavy (non-hydrogen) atoms. The number of benzene rings is 3. The van der Waals surface area contributed by atoms with Gasteiger partial charge in [-0.3, -0.25) is 4.79 Å². The summed E-state index contributed by atoms with van der Waals surface area (Å²) in [6.45, 7) is 7.51. The highest BCUT2D eigenvalue weighted by Gasteiger charge is 2.17. The quantitative estimate of drug-likeness (QED) is 0.172. The van der Waals surface area contributed by atoms with Crippen LogP contribution in [0.5, 0.6) is 5.75 Å². The lowest BCUT2D eigenvalue weighted by Gasteiger charge is -2.19. The summed E-state index contributed by atoms with van der Waals surface area (Å²) in [6, 6.07) is 22.9. The predicted octanol–water partition coefficient (Wildman–Crippen LogP) is 5.60. The van der Waals surface area contributed by atoms with Crippen LogP contribution in [0.3, 0.4) is 0 Å². The van der Waals surface area contributed by atoms with E-state index in [1.54, 1.807) is 30.3 Å². The molecule has 0 amide bonds. The summed E-state index contributed by atoms with van der Waals surface area (Å²) >= 11 is 0. The Bertz CT molecular complexity index is 1380. The number of esters is 1. The molecular formula is C34H46N2O5S. The summed E-state index contributed by atoms with van der Waals surface area (Å²) < 4.78 is 39.7. The third-order valence-corrected chi connectivity index (χ3v) is 8.05. The van der Waals surface area contributed by atoms with E-state index in [0.717, 1.165) is 53.8 Å². The SMILES string of the molecule is CN(C)CCCOc1ccccc1CCc1cc(CCNS(=O)(=O)c2ccccc2)cc(CCC(=O)OC(C)(C)C)c1. The first-order chi connectivity index (χ1) is 19.9. The molecule has 3 aromatic carbocycles. The van der Waals surface area contributed by atoms with Gasteiger partial charge in [0, 0.05) is 19.5 Å². The van der Waals surface area contributed by atoms with E-state index in [-0.39, 0.29) is 23.8 Å². The second-order valence-electron chi connectivity index (χ2n) is 11.8. The summed E-state index contributed by atoms with van der Waals surface area (Å²) in [6.07, 6.45) is 3.92. The van der Waals surface area contributed by atoms with Gasteiger partial charge in [0.05, 0.1) is 11.5 Å². The van der Waals surface area contributed by atoms with Gasteiger partial charge in [-0.15, -0.1) is 0 Å². The van der Waals surface area contributed by atoms with Crippen LogP contribution < -0.4 is 9.46 Å². The number of carbonyl (C=O) groups is 1. The topological polar surface area (TPSA) is 84.9 Å². The van der Waals surface area contributed by atoms with Gasteiger partial charge >= 0.3 is 5.97 Å². The summed E-state index contributed by atoms with van der Waals surface area (Å²) in [5.41, 5.74) is 3.82. The molecule has 0 fully saturated rings. The summed E-state index contributed by atoms with van der Waals surface area (Å²) in [5.74, 6) is 0.679. The monoisotopic (exact) mass is 594 g/mol. The van der Waals surface area contributed by atoms with E-state index >= 15 is 0 Å². The third-order valence-electron chi connectivity index (χ3n) is 6.57. The van der Waals surface area contributed by atoms with Gasteiger partial charge in [0.15, 0.2) is 0 Å². The lowest BCUT2D eigenvalue weighted by molar-refractivity contribution is -0.154. The number of hydrogen-bond donors (Lipinski definition) is 1. The van der Waals surface area contributed by atoms with Crippen molar-refractivity contribution in [3.05, 3.63) is 95.1 Å². The maximum atomic E-state index is 12.7. The first kappa shape index (κ1) is 33.3. The molecule has 228 valence electrons.